The van der Waals surface area contributed by atoms with Crippen LogP contribution in [-0.4, -0.2) is 52.5 Å². The molecule has 0 bridgehead atoms. The summed E-state index contributed by atoms with van der Waals surface area (Å²) in [6.45, 7) is 2.25. The van der Waals surface area contributed by atoms with Crippen LogP contribution >= 0.6 is 11.6 Å². The molecule has 6 nitrogen and oxygen atoms in total. The Bertz CT molecular complexity index is 666. The monoisotopic (exact) mass is 348 g/mol. The van der Waals surface area contributed by atoms with Gasteiger partial charge in [-0.2, -0.15) is 0 Å². The zero-order valence-electron chi connectivity index (χ0n) is 12.1. The van der Waals surface area contributed by atoms with Gasteiger partial charge in [0, 0.05) is 33.2 Å². The summed E-state index contributed by atoms with van der Waals surface area (Å²) in [5.41, 5.74) is 0. The summed E-state index contributed by atoms with van der Waals surface area (Å²) in [6, 6.07) is 3.18. The van der Waals surface area contributed by atoms with Crippen molar-refractivity contribution in [2.45, 2.75) is 11.3 Å². The average molecular weight is 349 g/mol. The Kier molecular flexibility index (Phi) is 5.60. The van der Waals surface area contributed by atoms with Crippen molar-refractivity contribution >= 4 is 27.6 Å². The van der Waals surface area contributed by atoms with Gasteiger partial charge in [0.15, 0.2) is 5.96 Å². The molecule has 0 spiro atoms. The van der Waals surface area contributed by atoms with Gasteiger partial charge in [-0.25, -0.2) is 17.5 Å². The van der Waals surface area contributed by atoms with Gasteiger partial charge < -0.3 is 10.2 Å². The van der Waals surface area contributed by atoms with E-state index >= 15 is 0 Å². The number of hydrogen-bond acceptors (Lipinski definition) is 5. The topological polar surface area (TPSA) is 73.8 Å². The molecule has 0 unspecified atom stereocenters. The Morgan fingerprint density at radius 1 is 1.41 bits per heavy atom. The predicted octanol–water partition coefficient (Wildman–Crippen LogP) is 1.04. The molecule has 2 rings (SSSR count). The summed E-state index contributed by atoms with van der Waals surface area (Å²) < 4.78 is 39.6. The number of halogens is 2. The second-order valence-corrected chi connectivity index (χ2v) is 7.02. The summed E-state index contributed by atoms with van der Waals surface area (Å²) in [7, 11) is -1.84. The maximum atomic E-state index is 13.0. The molecule has 122 valence electrons. The quantitative estimate of drug-likeness (QED) is 0.780. The molecule has 0 aliphatic carbocycles. The van der Waals surface area contributed by atoms with Crippen LogP contribution < -0.4 is 10.0 Å². The molecule has 0 radical (unpaired) electrons. The largest absolute Gasteiger partial charge is 0.355 e. The van der Waals surface area contributed by atoms with Crippen LogP contribution in [0, 0.1) is 5.82 Å². The number of guanidine groups is 1. The molecule has 9 heteroatoms. The summed E-state index contributed by atoms with van der Waals surface area (Å²) in [5, 5.41) is 2.93. The van der Waals surface area contributed by atoms with Crippen LogP contribution in [0.1, 0.15) is 6.42 Å². The van der Waals surface area contributed by atoms with E-state index in [0.29, 0.717) is 6.54 Å². The Balaban J connectivity index is 1.89. The Labute approximate surface area is 134 Å². The van der Waals surface area contributed by atoms with Crippen LogP contribution in [0.2, 0.25) is 5.02 Å². The molecule has 0 aromatic heterocycles. The highest BCUT2D eigenvalue weighted by molar-refractivity contribution is 7.89. The second-order valence-electron chi connectivity index (χ2n) is 4.88. The minimum atomic E-state index is -3.77. The summed E-state index contributed by atoms with van der Waals surface area (Å²) in [6.07, 6.45) is 1.01. The van der Waals surface area contributed by atoms with Crippen LogP contribution in [0.5, 0.6) is 0 Å². The SMILES string of the molecule is CN1CCCN=C1NCCNS(=O)(=O)c1ccc(F)cc1Cl. The molecule has 22 heavy (non-hydrogen) atoms. The smallest absolute Gasteiger partial charge is 0.242 e. The zero-order chi connectivity index (χ0) is 16.2. The maximum absolute atomic E-state index is 13.0. The van der Waals surface area contributed by atoms with E-state index < -0.39 is 15.8 Å². The van der Waals surface area contributed by atoms with Gasteiger partial charge in [-0.3, -0.25) is 4.99 Å². The Morgan fingerprint density at radius 2 is 2.18 bits per heavy atom. The Morgan fingerprint density at radius 3 is 2.86 bits per heavy atom. The number of benzene rings is 1. The molecule has 0 saturated carbocycles. The minimum Gasteiger partial charge on any atom is -0.355 e. The Hall–Kier alpha value is -1.38. The average Bonchev–Trinajstić information content (AvgIpc) is 2.45. The highest BCUT2D eigenvalue weighted by Crippen LogP contribution is 2.21. The first-order valence-electron chi connectivity index (χ1n) is 6.84. The van der Waals surface area contributed by atoms with Gasteiger partial charge in [0.1, 0.15) is 10.7 Å². The highest BCUT2D eigenvalue weighted by Gasteiger charge is 2.18. The van der Waals surface area contributed by atoms with E-state index in [-0.39, 0.29) is 16.5 Å². The fourth-order valence-corrected chi connectivity index (χ4v) is 3.60. The first kappa shape index (κ1) is 17.0. The molecule has 1 aliphatic heterocycles. The van der Waals surface area contributed by atoms with Crippen molar-refractivity contribution in [3.63, 3.8) is 0 Å². The minimum absolute atomic E-state index is 0.136. The lowest BCUT2D eigenvalue weighted by Crippen LogP contribution is -2.44. The molecule has 0 amide bonds. The summed E-state index contributed by atoms with van der Waals surface area (Å²) >= 11 is 5.77. The van der Waals surface area contributed by atoms with Crippen LogP contribution in [-0.2, 0) is 10.0 Å². The number of aliphatic imine (C=N–C) groups is 1. The molecule has 0 atom stereocenters. The van der Waals surface area contributed by atoms with E-state index in [0.717, 1.165) is 43.7 Å². The number of hydrogen-bond donors (Lipinski definition) is 2. The van der Waals surface area contributed by atoms with Crippen molar-refractivity contribution < 1.29 is 12.8 Å². The van der Waals surface area contributed by atoms with E-state index in [1.807, 2.05) is 11.9 Å². The van der Waals surface area contributed by atoms with Gasteiger partial charge in [-0.1, -0.05) is 11.6 Å². The van der Waals surface area contributed by atoms with E-state index in [4.69, 9.17) is 11.6 Å². The number of sulfonamides is 1. The molecule has 0 saturated heterocycles. The lowest BCUT2D eigenvalue weighted by molar-refractivity contribution is 0.446. The molecule has 1 aromatic carbocycles. The second kappa shape index (κ2) is 7.26. The molecule has 0 fully saturated rings. The summed E-state index contributed by atoms with van der Waals surface area (Å²) in [4.78, 5) is 6.16. The van der Waals surface area contributed by atoms with Crippen LogP contribution in [0.4, 0.5) is 4.39 Å². The van der Waals surface area contributed by atoms with Crippen molar-refractivity contribution in [1.29, 1.82) is 0 Å². The lowest BCUT2D eigenvalue weighted by atomic mass is 10.3. The third-order valence-electron chi connectivity index (χ3n) is 3.16. The van der Waals surface area contributed by atoms with Gasteiger partial charge in [0.25, 0.3) is 0 Å². The first-order valence-corrected chi connectivity index (χ1v) is 8.70. The fourth-order valence-electron chi connectivity index (χ4n) is 2.04. The number of nitrogens with zero attached hydrogens (tertiary/aromatic N) is 2. The molecular weight excluding hydrogens is 331 g/mol. The molecule has 1 aliphatic rings. The van der Waals surface area contributed by atoms with Gasteiger partial charge in [0.2, 0.25) is 10.0 Å². The zero-order valence-corrected chi connectivity index (χ0v) is 13.7. The van der Waals surface area contributed by atoms with Gasteiger partial charge in [0.05, 0.1) is 5.02 Å². The van der Waals surface area contributed by atoms with Crippen LogP contribution in [0.25, 0.3) is 0 Å². The van der Waals surface area contributed by atoms with E-state index in [9.17, 15) is 12.8 Å². The van der Waals surface area contributed by atoms with Crippen molar-refractivity contribution in [3.8, 4) is 0 Å². The van der Waals surface area contributed by atoms with Crippen molar-refractivity contribution in [2.75, 3.05) is 33.2 Å². The normalized spacial score (nSPS) is 15.6. The van der Waals surface area contributed by atoms with Gasteiger partial charge in [-0.05, 0) is 24.6 Å². The summed E-state index contributed by atoms with van der Waals surface area (Å²) in [5.74, 6) is 0.175. The predicted molar refractivity (Wildman–Crippen MR) is 84.2 cm³/mol. The van der Waals surface area contributed by atoms with Crippen LogP contribution in [0.3, 0.4) is 0 Å². The first-order chi connectivity index (χ1) is 10.4. The molecule has 1 aromatic rings. The molecule has 2 N–H and O–H groups in total. The number of rotatable bonds is 5. The van der Waals surface area contributed by atoms with E-state index in [2.05, 4.69) is 15.0 Å². The fraction of sp³-hybridized carbons (Fsp3) is 0.462. The number of nitrogens with one attached hydrogen (secondary N) is 2. The van der Waals surface area contributed by atoms with Crippen molar-refractivity contribution in [3.05, 3.63) is 29.0 Å². The molecule has 1 heterocycles. The third-order valence-corrected chi connectivity index (χ3v) is 5.10. The van der Waals surface area contributed by atoms with Gasteiger partial charge >= 0.3 is 0 Å². The maximum Gasteiger partial charge on any atom is 0.242 e. The van der Waals surface area contributed by atoms with Gasteiger partial charge in [-0.15, -0.1) is 0 Å². The highest BCUT2D eigenvalue weighted by atomic mass is 35.5. The standard InChI is InChI=1S/C13H18ClFN4O2S/c1-19-8-2-5-16-13(19)17-6-7-18-22(20,21)12-4-3-10(15)9-11(12)14/h3-4,9,18H,2,5-8H2,1H3,(H,16,17). The van der Waals surface area contributed by atoms with Crippen molar-refractivity contribution in [2.24, 2.45) is 4.99 Å². The third kappa shape index (κ3) is 4.31. The molecular formula is C13H18ClFN4O2S. The van der Waals surface area contributed by atoms with E-state index in [1.165, 1.54) is 0 Å². The van der Waals surface area contributed by atoms with Crippen molar-refractivity contribution in [1.82, 2.24) is 14.9 Å². The lowest BCUT2D eigenvalue weighted by Gasteiger charge is -2.25. The van der Waals surface area contributed by atoms with Crippen LogP contribution in [0.15, 0.2) is 28.1 Å². The van der Waals surface area contributed by atoms with E-state index in [1.54, 1.807) is 0 Å².